The third kappa shape index (κ3) is 9.44. The lowest BCUT2D eigenvalue weighted by molar-refractivity contribution is 0.410. The first-order valence-electron chi connectivity index (χ1n) is 6.26. The summed E-state index contributed by atoms with van der Waals surface area (Å²) in [6, 6.07) is -3.27. The van der Waals surface area contributed by atoms with Gasteiger partial charge in [-0.1, -0.05) is 38.8 Å². The molecule has 0 radical (unpaired) electrons. The molecule has 7 heteroatoms. The minimum Gasteiger partial charge on any atom is -0.124 e. The van der Waals surface area contributed by atoms with Crippen LogP contribution in [0, 0.1) is 16.9 Å². The molecule has 0 aliphatic carbocycles. The van der Waals surface area contributed by atoms with E-state index in [-0.39, 0.29) is 5.41 Å². The van der Waals surface area contributed by atoms with Gasteiger partial charge >= 0.3 is 12.7 Å². The Morgan fingerprint density at radius 2 is 1.52 bits per heavy atom. The molecule has 0 aromatic rings. The molecule has 0 saturated heterocycles. The van der Waals surface area contributed by atoms with Gasteiger partial charge in [0.2, 0.25) is 0 Å². The van der Waals surface area contributed by atoms with Crippen molar-refractivity contribution in [2.45, 2.75) is 41.0 Å². The first kappa shape index (κ1) is 21.7. The Morgan fingerprint density at radius 1 is 1.05 bits per heavy atom. The maximum Gasteiger partial charge on any atom is 0.376 e. The van der Waals surface area contributed by atoms with Gasteiger partial charge in [-0.2, -0.15) is 0 Å². The van der Waals surface area contributed by atoms with Gasteiger partial charge in [0.15, 0.2) is 0 Å². The molecule has 0 bridgehead atoms. The summed E-state index contributed by atoms with van der Waals surface area (Å²) in [7, 11) is 0. The van der Waals surface area contributed by atoms with Crippen LogP contribution in [0.25, 0.3) is 0 Å². The molecule has 0 fully saturated rings. The van der Waals surface area contributed by atoms with Crippen LogP contribution < -0.4 is 0 Å². The van der Waals surface area contributed by atoms with Crippen LogP contribution in [-0.4, -0.2) is 12.7 Å². The van der Waals surface area contributed by atoms with Crippen LogP contribution in [0.2, 0.25) is 0 Å². The van der Waals surface area contributed by atoms with Crippen LogP contribution in [0.3, 0.4) is 0 Å². The summed E-state index contributed by atoms with van der Waals surface area (Å²) in [6.07, 6.45) is 0.803. The van der Waals surface area contributed by atoms with Crippen LogP contribution >= 0.6 is 55.4 Å². The average Bonchev–Trinajstić information content (AvgIpc) is 2.19. The lowest BCUT2D eigenvalue weighted by Gasteiger charge is -2.20. The molecule has 0 spiro atoms. The topological polar surface area (TPSA) is 0 Å². The van der Waals surface area contributed by atoms with E-state index in [0.717, 1.165) is 12.0 Å². The molecule has 0 unspecified atom stereocenters. The minimum atomic E-state index is -3.27. The summed E-state index contributed by atoms with van der Waals surface area (Å²) in [4.78, 5) is 0.374. The van der Waals surface area contributed by atoms with Crippen molar-refractivity contribution in [3.63, 3.8) is 0 Å². The highest BCUT2D eigenvalue weighted by molar-refractivity contribution is 7.74. The number of hydrogen-bond acceptors (Lipinski definition) is 0. The Bertz CT molecular complexity index is 532. The van der Waals surface area contributed by atoms with E-state index in [0.29, 0.717) is 10.4 Å². The zero-order valence-corrected chi connectivity index (χ0v) is 18.6. The summed E-state index contributed by atoms with van der Waals surface area (Å²) in [5, 5.41) is 0. The van der Waals surface area contributed by atoms with Crippen molar-refractivity contribution in [1.82, 2.24) is 0 Å². The van der Waals surface area contributed by atoms with Crippen LogP contribution in [0.1, 0.15) is 41.0 Å². The highest BCUT2D eigenvalue weighted by Crippen LogP contribution is 2.38. The second-order valence-electron chi connectivity index (χ2n) is 6.12. The first-order valence-corrected chi connectivity index (χ1v) is 15.3. The molecular weight excluding hydrogens is 402 g/mol. The van der Waals surface area contributed by atoms with E-state index in [9.17, 15) is 0 Å². The van der Waals surface area contributed by atoms with Gasteiger partial charge in [-0.25, -0.2) is 0 Å². The van der Waals surface area contributed by atoms with Gasteiger partial charge in [0.1, 0.15) is 0 Å². The quantitative estimate of drug-likeness (QED) is 0.207. The van der Waals surface area contributed by atoms with Crippen molar-refractivity contribution in [1.29, 1.82) is 0 Å². The summed E-state index contributed by atoms with van der Waals surface area (Å²) >= 11 is 31.2. The molecule has 21 heavy (non-hydrogen) atoms. The Balaban J connectivity index is 6.01. The largest absolute Gasteiger partial charge is 0.376 e. The zero-order valence-electron chi connectivity index (χ0n) is 12.8. The van der Waals surface area contributed by atoms with Gasteiger partial charge in [0.25, 0.3) is 0 Å². The molecule has 0 aliphatic rings. The van der Waals surface area contributed by atoms with E-state index < -0.39 is 12.7 Å². The normalized spacial score (nSPS) is 12.1. The molecule has 0 atom stereocenters. The fourth-order valence-corrected chi connectivity index (χ4v) is 14.4. The van der Waals surface area contributed by atoms with Crippen molar-refractivity contribution in [3.8, 4) is 11.5 Å². The van der Waals surface area contributed by atoms with E-state index in [1.165, 1.54) is 0 Å². The Kier molecular flexibility index (Phi) is 8.26. The molecule has 0 aromatic heterocycles. The van der Waals surface area contributed by atoms with Gasteiger partial charge in [-0.05, 0) is 36.8 Å². The van der Waals surface area contributed by atoms with Crippen molar-refractivity contribution in [2.75, 3.05) is 0 Å². The number of allylic oxidation sites excluding steroid dienone is 2. The van der Waals surface area contributed by atoms with Crippen LogP contribution in [0.4, 0.5) is 0 Å². The zero-order chi connectivity index (χ0) is 17.1. The maximum absolute atomic E-state index is 6.40. The minimum absolute atomic E-state index is 0.101. The van der Waals surface area contributed by atoms with Gasteiger partial charge in [-0.15, -0.1) is 61.1 Å². The Morgan fingerprint density at radius 3 is 1.86 bits per heavy atom. The molecule has 0 aliphatic heterocycles. The van der Waals surface area contributed by atoms with Crippen molar-refractivity contribution < 1.29 is 0 Å². The number of hydrogen-bond donors (Lipinski definition) is 0. The monoisotopic (exact) mass is 418 g/mol. The third-order valence-corrected chi connectivity index (χ3v) is 12.1. The van der Waals surface area contributed by atoms with E-state index in [4.69, 9.17) is 55.4 Å². The van der Waals surface area contributed by atoms with Crippen molar-refractivity contribution in [3.05, 3.63) is 28.3 Å². The second-order valence-corrected chi connectivity index (χ2v) is 20.8. The van der Waals surface area contributed by atoms with Gasteiger partial charge in [-0.3, -0.25) is 0 Å². The first-order chi connectivity index (χ1) is 9.15. The molecule has 0 N–H and O–H groups in total. The van der Waals surface area contributed by atoms with Crippen molar-refractivity contribution >= 4 is 68.1 Å². The summed E-state index contributed by atoms with van der Waals surface area (Å²) in [6.45, 7) is 10.6. The fourth-order valence-electron chi connectivity index (χ4n) is 1.63. The van der Waals surface area contributed by atoms with Gasteiger partial charge < -0.3 is 0 Å². The summed E-state index contributed by atoms with van der Waals surface area (Å²) in [5.41, 5.74) is 7.68. The Labute approximate surface area is 153 Å². The van der Waals surface area contributed by atoms with E-state index in [1.807, 2.05) is 6.92 Å². The van der Waals surface area contributed by atoms with Gasteiger partial charge in [0.05, 0.1) is 0 Å². The molecule has 0 saturated carbocycles. The average molecular weight is 421 g/mol. The molecule has 0 aromatic carbocycles. The van der Waals surface area contributed by atoms with Crippen LogP contribution in [0.5, 0.6) is 0 Å². The predicted molar refractivity (Wildman–Crippen MR) is 104 cm³/mol. The molecule has 0 amide bonds. The number of halogens is 5. The van der Waals surface area contributed by atoms with Crippen LogP contribution in [0.15, 0.2) is 28.3 Å². The predicted octanol–water partition coefficient (Wildman–Crippen LogP) is 6.67. The van der Waals surface area contributed by atoms with Crippen molar-refractivity contribution in [2.24, 2.45) is 5.41 Å². The smallest absolute Gasteiger partial charge is 0.124 e. The molecule has 0 rings (SSSR count). The SMILES string of the molecule is C=C(C)C#C[Si](Cl)(Cl)C(=C=C(C)CC(C)(C)C)[Si](Cl)(Cl)Cl. The second kappa shape index (κ2) is 8.00. The third-order valence-electron chi connectivity index (χ3n) is 2.16. The molecular formula is C14H19Cl5Si2. The van der Waals surface area contributed by atoms with Crippen LogP contribution in [-0.2, 0) is 0 Å². The van der Waals surface area contributed by atoms with E-state index in [2.05, 4.69) is 44.5 Å². The maximum atomic E-state index is 6.40. The standard InChI is InChI=1S/C14H19Cl5Si2/c1-11(2)7-8-20(15,16)13(21(17,18)19)9-12(3)10-14(4,5)6/h1,10H2,2-6H3. The molecule has 0 heterocycles. The fraction of sp³-hybridized carbons (Fsp3) is 0.500. The highest BCUT2D eigenvalue weighted by Gasteiger charge is 2.46. The lowest BCUT2D eigenvalue weighted by atomic mass is 9.89. The summed E-state index contributed by atoms with van der Waals surface area (Å²) < 4.78 is 0. The molecule has 0 nitrogen and oxygen atoms in total. The number of rotatable bonds is 3. The van der Waals surface area contributed by atoms with E-state index in [1.54, 1.807) is 6.92 Å². The highest BCUT2D eigenvalue weighted by atomic mass is 35.8. The van der Waals surface area contributed by atoms with Gasteiger partial charge in [0, 0.05) is 4.82 Å². The Hall–Kier alpha value is 0.704. The molecule has 118 valence electrons. The lowest BCUT2D eigenvalue weighted by Crippen LogP contribution is -2.33. The summed E-state index contributed by atoms with van der Waals surface area (Å²) in [5.74, 6) is 2.79. The van der Waals surface area contributed by atoms with E-state index >= 15 is 0 Å².